The number of nitrogens with one attached hydrogen (secondary N) is 2. The minimum Gasteiger partial charge on any atom is -0.468 e. The molecule has 0 aliphatic rings. The van der Waals surface area contributed by atoms with Crippen LogP contribution in [0.5, 0.6) is 0 Å². The fourth-order valence-corrected chi connectivity index (χ4v) is 2.71. The molecule has 6 heteroatoms. The van der Waals surface area contributed by atoms with Crippen molar-refractivity contribution in [2.24, 2.45) is 4.99 Å². The maximum Gasteiger partial charge on any atom is 0.191 e. The van der Waals surface area contributed by atoms with E-state index in [0.717, 1.165) is 31.4 Å². The number of rotatable bonds is 7. The fourth-order valence-electron chi connectivity index (χ4n) is 2.71. The van der Waals surface area contributed by atoms with Gasteiger partial charge in [0.1, 0.15) is 5.76 Å². The molecule has 0 radical (unpaired) electrons. The topological polar surface area (TPSA) is 52.8 Å². The lowest BCUT2D eigenvalue weighted by atomic mass is 10.1. The molecule has 0 bridgehead atoms. The Balaban J connectivity index is 0.00000364. The number of furan rings is 1. The molecule has 1 aromatic heterocycles. The maximum atomic E-state index is 5.44. The number of nitrogens with zero attached hydrogens (tertiary/aromatic N) is 2. The summed E-state index contributed by atoms with van der Waals surface area (Å²) in [5.74, 6) is 1.82. The Morgan fingerprint density at radius 1 is 1.07 bits per heavy atom. The van der Waals surface area contributed by atoms with E-state index in [4.69, 9.17) is 9.41 Å². The average Bonchev–Trinajstić information content (AvgIpc) is 3.05. The van der Waals surface area contributed by atoms with E-state index < -0.39 is 0 Å². The van der Waals surface area contributed by atoms with Gasteiger partial charge in [-0.15, -0.1) is 24.0 Å². The number of aliphatic imine (C=N–C) groups is 1. The smallest absolute Gasteiger partial charge is 0.191 e. The van der Waals surface area contributed by atoms with Crippen molar-refractivity contribution in [1.82, 2.24) is 15.5 Å². The molecule has 1 aromatic carbocycles. The summed E-state index contributed by atoms with van der Waals surface area (Å²) in [5, 5.41) is 6.75. The largest absolute Gasteiger partial charge is 0.468 e. The van der Waals surface area contributed by atoms with Crippen LogP contribution in [0.3, 0.4) is 0 Å². The third-order valence-corrected chi connectivity index (χ3v) is 3.81. The van der Waals surface area contributed by atoms with Crippen LogP contribution in [0.15, 0.2) is 52.1 Å². The van der Waals surface area contributed by atoms with Gasteiger partial charge in [-0.05, 0) is 58.0 Å². The Bertz CT molecular complexity index is 692. The minimum absolute atomic E-state index is 0. The highest BCUT2D eigenvalue weighted by Gasteiger charge is 2.12. The van der Waals surface area contributed by atoms with E-state index in [2.05, 4.69) is 74.5 Å². The van der Waals surface area contributed by atoms with E-state index in [1.807, 2.05) is 12.1 Å². The summed E-state index contributed by atoms with van der Waals surface area (Å²) in [6.07, 6.45) is 1.72. The van der Waals surface area contributed by atoms with Crippen molar-refractivity contribution >= 4 is 29.9 Å². The van der Waals surface area contributed by atoms with E-state index in [0.29, 0.717) is 6.54 Å². The Morgan fingerprint density at radius 2 is 1.78 bits per heavy atom. The zero-order chi connectivity index (χ0) is 19.0. The SMILES string of the molecule is CCNC(=NCc1ccccc1CN(C)Cc1ccco1)NC(C)(C)C.I. The number of benzene rings is 1. The predicted molar refractivity (Wildman–Crippen MR) is 123 cm³/mol. The fraction of sp³-hybridized carbons (Fsp3) is 0.476. The van der Waals surface area contributed by atoms with Crippen LogP contribution in [0, 0.1) is 0 Å². The molecule has 150 valence electrons. The first-order valence-electron chi connectivity index (χ1n) is 9.21. The number of guanidine groups is 1. The average molecular weight is 484 g/mol. The highest BCUT2D eigenvalue weighted by atomic mass is 127. The summed E-state index contributed by atoms with van der Waals surface area (Å²) >= 11 is 0. The lowest BCUT2D eigenvalue weighted by Crippen LogP contribution is -2.47. The third kappa shape index (κ3) is 8.79. The second kappa shape index (κ2) is 11.3. The first-order chi connectivity index (χ1) is 12.4. The Labute approximate surface area is 180 Å². The monoisotopic (exact) mass is 484 g/mol. The van der Waals surface area contributed by atoms with E-state index in [9.17, 15) is 0 Å². The molecule has 0 fully saturated rings. The molecule has 0 amide bonds. The summed E-state index contributed by atoms with van der Waals surface area (Å²) in [6, 6.07) is 12.4. The van der Waals surface area contributed by atoms with E-state index in [1.165, 1.54) is 11.1 Å². The first-order valence-corrected chi connectivity index (χ1v) is 9.21. The third-order valence-electron chi connectivity index (χ3n) is 3.81. The summed E-state index contributed by atoms with van der Waals surface area (Å²) < 4.78 is 5.44. The minimum atomic E-state index is -0.0240. The van der Waals surface area contributed by atoms with E-state index in [-0.39, 0.29) is 29.5 Å². The summed E-state index contributed by atoms with van der Waals surface area (Å²) in [6.45, 7) is 11.6. The van der Waals surface area contributed by atoms with Crippen LogP contribution in [0.25, 0.3) is 0 Å². The van der Waals surface area contributed by atoms with Crippen LogP contribution in [0.1, 0.15) is 44.6 Å². The van der Waals surface area contributed by atoms with Gasteiger partial charge < -0.3 is 15.1 Å². The summed E-state index contributed by atoms with van der Waals surface area (Å²) in [4.78, 5) is 7.02. The maximum absolute atomic E-state index is 5.44. The molecule has 0 saturated heterocycles. The van der Waals surface area contributed by atoms with Crippen LogP contribution < -0.4 is 10.6 Å². The summed E-state index contributed by atoms with van der Waals surface area (Å²) in [5.41, 5.74) is 2.51. The van der Waals surface area contributed by atoms with Gasteiger partial charge >= 0.3 is 0 Å². The van der Waals surface area contributed by atoms with Crippen LogP contribution >= 0.6 is 24.0 Å². The van der Waals surface area contributed by atoms with Crippen LogP contribution in [0.2, 0.25) is 0 Å². The molecule has 2 aromatic rings. The van der Waals surface area contributed by atoms with Gasteiger partial charge in [-0.1, -0.05) is 24.3 Å². The highest BCUT2D eigenvalue weighted by Crippen LogP contribution is 2.14. The number of hydrogen-bond acceptors (Lipinski definition) is 3. The molecule has 0 spiro atoms. The van der Waals surface area contributed by atoms with Crippen molar-refractivity contribution in [1.29, 1.82) is 0 Å². The Morgan fingerprint density at radius 3 is 2.37 bits per heavy atom. The van der Waals surface area contributed by atoms with Gasteiger partial charge in [-0.2, -0.15) is 0 Å². The Kier molecular flexibility index (Phi) is 9.87. The van der Waals surface area contributed by atoms with Gasteiger partial charge in [-0.25, -0.2) is 4.99 Å². The standard InChI is InChI=1S/C21H32N4O.HI/c1-6-22-20(24-21(2,3)4)23-14-17-10-7-8-11-18(17)15-25(5)16-19-12-9-13-26-19;/h7-13H,6,14-16H2,1-5H3,(H2,22,23,24);1H. The van der Waals surface area contributed by atoms with Crippen LogP contribution in [-0.2, 0) is 19.6 Å². The van der Waals surface area contributed by atoms with Crippen molar-refractivity contribution in [2.45, 2.75) is 52.9 Å². The van der Waals surface area contributed by atoms with Crippen molar-refractivity contribution in [3.05, 3.63) is 59.5 Å². The van der Waals surface area contributed by atoms with Gasteiger partial charge in [-0.3, -0.25) is 4.90 Å². The van der Waals surface area contributed by atoms with Gasteiger partial charge in [0.15, 0.2) is 5.96 Å². The Hall–Kier alpha value is -1.54. The van der Waals surface area contributed by atoms with Gasteiger partial charge in [0.25, 0.3) is 0 Å². The number of halogens is 1. The molecule has 5 nitrogen and oxygen atoms in total. The van der Waals surface area contributed by atoms with Crippen LogP contribution in [-0.4, -0.2) is 30.0 Å². The molecule has 27 heavy (non-hydrogen) atoms. The van der Waals surface area contributed by atoms with Crippen molar-refractivity contribution in [3.8, 4) is 0 Å². The molecule has 2 rings (SSSR count). The molecule has 0 unspecified atom stereocenters. The van der Waals surface area contributed by atoms with Crippen LogP contribution in [0.4, 0.5) is 0 Å². The first kappa shape index (κ1) is 23.5. The van der Waals surface area contributed by atoms with Crippen molar-refractivity contribution < 1.29 is 4.42 Å². The highest BCUT2D eigenvalue weighted by molar-refractivity contribution is 14.0. The van der Waals surface area contributed by atoms with Gasteiger partial charge in [0, 0.05) is 18.6 Å². The second-order valence-electron chi connectivity index (χ2n) is 7.59. The molecule has 0 saturated carbocycles. The molecule has 0 aliphatic heterocycles. The molecular formula is C21H33IN4O. The van der Waals surface area contributed by atoms with Crippen molar-refractivity contribution in [2.75, 3.05) is 13.6 Å². The van der Waals surface area contributed by atoms with E-state index >= 15 is 0 Å². The lowest BCUT2D eigenvalue weighted by molar-refractivity contribution is 0.287. The summed E-state index contributed by atoms with van der Waals surface area (Å²) in [7, 11) is 2.10. The zero-order valence-electron chi connectivity index (χ0n) is 17.1. The molecule has 1 heterocycles. The predicted octanol–water partition coefficient (Wildman–Crippen LogP) is 4.38. The molecule has 0 atom stereocenters. The number of hydrogen-bond donors (Lipinski definition) is 2. The zero-order valence-corrected chi connectivity index (χ0v) is 19.4. The van der Waals surface area contributed by atoms with Gasteiger partial charge in [0.2, 0.25) is 0 Å². The molecule has 2 N–H and O–H groups in total. The van der Waals surface area contributed by atoms with Gasteiger partial charge in [0.05, 0.1) is 19.4 Å². The normalized spacial score (nSPS) is 12.0. The molecular weight excluding hydrogens is 451 g/mol. The second-order valence-corrected chi connectivity index (χ2v) is 7.59. The quantitative estimate of drug-likeness (QED) is 0.348. The van der Waals surface area contributed by atoms with E-state index in [1.54, 1.807) is 6.26 Å². The lowest BCUT2D eigenvalue weighted by Gasteiger charge is -2.24. The molecule has 0 aliphatic carbocycles. The van der Waals surface area contributed by atoms with Crippen molar-refractivity contribution in [3.63, 3.8) is 0 Å².